The van der Waals surface area contributed by atoms with Crippen LogP contribution in [0.1, 0.15) is 0 Å². The molecule has 0 atom stereocenters. The van der Waals surface area contributed by atoms with Crippen molar-refractivity contribution in [2.75, 3.05) is 7.11 Å². The van der Waals surface area contributed by atoms with Crippen molar-refractivity contribution in [1.29, 1.82) is 0 Å². The molecule has 0 unspecified atom stereocenters. The maximum Gasteiger partial charge on any atom is 0.707 e. The van der Waals surface area contributed by atoms with E-state index in [1.807, 2.05) is 36.4 Å². The van der Waals surface area contributed by atoms with Gasteiger partial charge in [-0.15, -0.1) is 0 Å². The lowest BCUT2D eigenvalue weighted by Crippen LogP contribution is -2.20. The average Bonchev–Trinajstić information content (AvgIpc) is 2.39. The minimum Gasteiger partial charge on any atom is -0.512 e. The lowest BCUT2D eigenvalue weighted by atomic mass is 10.1. The van der Waals surface area contributed by atoms with E-state index < -0.39 is 7.32 Å². The summed E-state index contributed by atoms with van der Waals surface area (Å²) in [5, 5.41) is 17.3. The second-order valence-corrected chi connectivity index (χ2v) is 3.70. The van der Waals surface area contributed by atoms with Gasteiger partial charge in [0.25, 0.3) is 0 Å². The van der Waals surface area contributed by atoms with E-state index in [4.69, 9.17) is 19.4 Å². The molecule has 0 bridgehead atoms. The molecule has 0 spiro atoms. The Morgan fingerprint density at radius 2 is 1.22 bits per heavy atom. The van der Waals surface area contributed by atoms with Gasteiger partial charge in [-0.05, 0) is 35.4 Å². The number of hydrogen-bond donors (Lipinski definition) is 2. The molecule has 0 heterocycles. The van der Waals surface area contributed by atoms with E-state index >= 15 is 0 Å². The van der Waals surface area contributed by atoms with Gasteiger partial charge >= 0.3 is 7.32 Å². The molecule has 0 amide bonds. The first-order valence-electron chi connectivity index (χ1n) is 5.46. The number of benzene rings is 2. The Morgan fingerprint density at radius 3 is 1.61 bits per heavy atom. The summed E-state index contributed by atoms with van der Waals surface area (Å²) in [6.45, 7) is 0. The summed E-state index contributed by atoms with van der Waals surface area (Å²) in [7, 11) is -0.168. The smallest absolute Gasteiger partial charge is 0.512 e. The predicted molar refractivity (Wildman–Crippen MR) is 69.2 cm³/mol. The van der Waals surface area contributed by atoms with E-state index in [0.29, 0.717) is 5.75 Å². The Bertz CT molecular complexity index is 493. The second kappa shape index (κ2) is 5.57. The predicted octanol–water partition coefficient (Wildman–Crippen LogP) is 1.71. The van der Waals surface area contributed by atoms with E-state index in [9.17, 15) is 0 Å². The van der Waals surface area contributed by atoms with Gasteiger partial charge in [-0.2, -0.15) is 0 Å². The zero-order valence-electron chi connectivity index (χ0n) is 9.91. The first-order chi connectivity index (χ1) is 8.69. The monoisotopic (exact) mass is 244 g/mol. The number of hydrogen-bond acceptors (Lipinski definition) is 4. The number of ether oxygens (including phenoxy) is 1. The van der Waals surface area contributed by atoms with Gasteiger partial charge in [0, 0.05) is 0 Å². The summed E-state index contributed by atoms with van der Waals surface area (Å²) in [4.78, 5) is 0. The van der Waals surface area contributed by atoms with Gasteiger partial charge < -0.3 is 19.4 Å². The van der Waals surface area contributed by atoms with Crippen LogP contribution >= 0.6 is 0 Å². The van der Waals surface area contributed by atoms with Crippen LogP contribution in [-0.4, -0.2) is 24.5 Å². The summed E-state index contributed by atoms with van der Waals surface area (Å²) in [5.41, 5.74) is 2.06. The molecule has 5 heteroatoms. The molecule has 0 aliphatic rings. The van der Waals surface area contributed by atoms with Crippen LogP contribution in [0.25, 0.3) is 11.1 Å². The highest BCUT2D eigenvalue weighted by atomic mass is 16.6. The third-order valence-electron chi connectivity index (χ3n) is 2.52. The summed E-state index contributed by atoms with van der Waals surface area (Å²) in [6, 6.07) is 14.7. The molecule has 0 aromatic heterocycles. The van der Waals surface area contributed by atoms with Crippen molar-refractivity contribution in [3.05, 3.63) is 48.5 Å². The third-order valence-corrected chi connectivity index (χ3v) is 2.52. The molecule has 0 aliphatic heterocycles. The van der Waals surface area contributed by atoms with Crippen LogP contribution < -0.4 is 9.39 Å². The van der Waals surface area contributed by atoms with Crippen molar-refractivity contribution < 1.29 is 19.4 Å². The van der Waals surface area contributed by atoms with Gasteiger partial charge in [-0.25, -0.2) is 0 Å². The van der Waals surface area contributed by atoms with E-state index in [1.165, 1.54) is 0 Å². The fraction of sp³-hybridized carbons (Fsp3) is 0.0769. The molecule has 2 aromatic carbocycles. The van der Waals surface area contributed by atoms with Crippen molar-refractivity contribution in [3.63, 3.8) is 0 Å². The molecule has 0 radical (unpaired) electrons. The largest absolute Gasteiger partial charge is 0.707 e. The fourth-order valence-electron chi connectivity index (χ4n) is 1.63. The molecule has 92 valence electrons. The second-order valence-electron chi connectivity index (χ2n) is 3.70. The minimum atomic E-state index is -1.79. The van der Waals surface area contributed by atoms with E-state index in [0.717, 1.165) is 16.9 Å². The van der Waals surface area contributed by atoms with Gasteiger partial charge in [0.15, 0.2) is 0 Å². The van der Waals surface area contributed by atoms with Crippen molar-refractivity contribution in [2.45, 2.75) is 0 Å². The maximum absolute atomic E-state index is 8.67. The highest BCUT2D eigenvalue weighted by Gasteiger charge is 2.10. The molecular formula is C13H13BO4. The highest BCUT2D eigenvalue weighted by molar-refractivity contribution is 6.33. The van der Waals surface area contributed by atoms with Crippen LogP contribution in [0.5, 0.6) is 11.5 Å². The van der Waals surface area contributed by atoms with Crippen LogP contribution in [0.2, 0.25) is 0 Å². The average molecular weight is 244 g/mol. The molecular weight excluding hydrogens is 231 g/mol. The van der Waals surface area contributed by atoms with Crippen LogP contribution in [-0.2, 0) is 0 Å². The lowest BCUT2D eigenvalue weighted by Gasteiger charge is -2.07. The van der Waals surface area contributed by atoms with Gasteiger partial charge in [0.1, 0.15) is 11.5 Å². The summed E-state index contributed by atoms with van der Waals surface area (Å²) in [6.07, 6.45) is 0. The number of methoxy groups -OCH3 is 1. The lowest BCUT2D eigenvalue weighted by molar-refractivity contribution is 0.288. The maximum atomic E-state index is 8.67. The van der Waals surface area contributed by atoms with Crippen molar-refractivity contribution >= 4 is 7.32 Å². The Kier molecular flexibility index (Phi) is 3.87. The van der Waals surface area contributed by atoms with E-state index in [-0.39, 0.29) is 0 Å². The molecule has 2 rings (SSSR count). The van der Waals surface area contributed by atoms with Crippen molar-refractivity contribution in [3.8, 4) is 22.6 Å². The van der Waals surface area contributed by atoms with E-state index in [2.05, 4.69) is 0 Å². The Balaban J connectivity index is 2.17. The topological polar surface area (TPSA) is 58.9 Å². The van der Waals surface area contributed by atoms with E-state index in [1.54, 1.807) is 19.2 Å². The Morgan fingerprint density at radius 1 is 0.778 bits per heavy atom. The zero-order chi connectivity index (χ0) is 13.0. The normalized spacial score (nSPS) is 9.94. The van der Waals surface area contributed by atoms with Gasteiger partial charge in [-0.1, -0.05) is 24.3 Å². The molecule has 4 nitrogen and oxygen atoms in total. The summed E-state index contributed by atoms with van der Waals surface area (Å²) < 4.78 is 9.83. The van der Waals surface area contributed by atoms with Crippen LogP contribution in [0, 0.1) is 0 Å². The van der Waals surface area contributed by atoms with Gasteiger partial charge in [0.05, 0.1) is 7.11 Å². The van der Waals surface area contributed by atoms with Crippen molar-refractivity contribution in [1.82, 2.24) is 0 Å². The van der Waals surface area contributed by atoms with Crippen LogP contribution in [0.4, 0.5) is 0 Å². The molecule has 18 heavy (non-hydrogen) atoms. The van der Waals surface area contributed by atoms with Crippen molar-refractivity contribution in [2.24, 2.45) is 0 Å². The van der Waals surface area contributed by atoms with Crippen LogP contribution in [0.3, 0.4) is 0 Å². The van der Waals surface area contributed by atoms with Crippen LogP contribution in [0.15, 0.2) is 48.5 Å². The SMILES string of the molecule is COc1ccc(-c2ccc(OB(O)O)cc2)cc1. The number of rotatable bonds is 4. The standard InChI is InChI=1S/C13H13BO4/c1-17-12-6-2-10(3-7-12)11-4-8-13(9-5-11)18-14(15)16/h2-9,15-16H,1H3. The molecule has 0 aliphatic carbocycles. The molecule has 0 saturated carbocycles. The molecule has 0 saturated heterocycles. The van der Waals surface area contributed by atoms with Gasteiger partial charge in [-0.3, -0.25) is 0 Å². The van der Waals surface area contributed by atoms with Gasteiger partial charge in [0.2, 0.25) is 0 Å². The molecule has 2 aromatic rings. The zero-order valence-corrected chi connectivity index (χ0v) is 9.91. The third kappa shape index (κ3) is 3.03. The molecule has 2 N–H and O–H groups in total. The quantitative estimate of drug-likeness (QED) is 0.804. The Hall–Kier alpha value is -1.98. The summed E-state index contributed by atoms with van der Waals surface area (Å²) in [5.74, 6) is 1.21. The first kappa shape index (κ1) is 12.5. The highest BCUT2D eigenvalue weighted by Crippen LogP contribution is 2.24. The summed E-state index contributed by atoms with van der Waals surface area (Å²) >= 11 is 0. The first-order valence-corrected chi connectivity index (χ1v) is 5.46. The minimum absolute atomic E-state index is 0.405. The molecule has 0 fully saturated rings. The Labute approximate surface area is 106 Å². The fourth-order valence-corrected chi connectivity index (χ4v) is 1.63.